The van der Waals surface area contributed by atoms with E-state index in [0.29, 0.717) is 25.5 Å². The molecule has 3 rings (SSSR count). The first-order valence-electron chi connectivity index (χ1n) is 9.02. The van der Waals surface area contributed by atoms with Crippen molar-refractivity contribution in [2.24, 2.45) is 11.8 Å². The summed E-state index contributed by atoms with van der Waals surface area (Å²) in [5.74, 6) is -1.15. The van der Waals surface area contributed by atoms with Crippen LogP contribution in [0.2, 0.25) is 0 Å². The van der Waals surface area contributed by atoms with E-state index < -0.39 is 23.3 Å². The quantitative estimate of drug-likeness (QED) is 0.717. The van der Waals surface area contributed by atoms with Crippen molar-refractivity contribution in [2.45, 2.75) is 13.3 Å². The second kappa shape index (κ2) is 8.26. The average Bonchev–Trinajstić information content (AvgIpc) is 2.65. The van der Waals surface area contributed by atoms with Gasteiger partial charge in [-0.1, -0.05) is 6.92 Å². The number of rotatable bonds is 4. The Morgan fingerprint density at radius 3 is 2.66 bits per heavy atom. The lowest BCUT2D eigenvalue weighted by atomic mass is 9.90. The lowest BCUT2D eigenvalue weighted by Gasteiger charge is -2.37. The molecule has 0 bridgehead atoms. The molecule has 8 nitrogen and oxygen atoms in total. The molecule has 0 aliphatic carbocycles. The van der Waals surface area contributed by atoms with E-state index in [1.165, 1.54) is 6.07 Å². The van der Waals surface area contributed by atoms with Gasteiger partial charge in [0.1, 0.15) is 29.1 Å². The summed E-state index contributed by atoms with van der Waals surface area (Å²) in [4.78, 5) is 21.0. The van der Waals surface area contributed by atoms with Crippen LogP contribution >= 0.6 is 0 Å². The van der Waals surface area contributed by atoms with E-state index in [0.717, 1.165) is 18.6 Å². The molecule has 0 saturated carbocycles. The Balaban J connectivity index is 1.91. The van der Waals surface area contributed by atoms with Gasteiger partial charge in [0.05, 0.1) is 5.69 Å². The van der Waals surface area contributed by atoms with Crippen LogP contribution in [0, 0.1) is 34.8 Å². The monoisotopic (exact) mass is 402 g/mol. The van der Waals surface area contributed by atoms with Crippen LogP contribution < -0.4 is 16.0 Å². The number of aromatic nitrogens is 2. The molecule has 1 amide bonds. The highest BCUT2D eigenvalue weighted by molar-refractivity contribution is 5.66. The number of nitrogens with two attached hydrogens (primary N) is 1. The van der Waals surface area contributed by atoms with Crippen LogP contribution in [0.1, 0.15) is 18.9 Å². The number of nitrogens with zero attached hydrogens (tertiary/aromatic N) is 4. The predicted molar refractivity (Wildman–Crippen MR) is 102 cm³/mol. The highest BCUT2D eigenvalue weighted by Gasteiger charge is 2.27. The van der Waals surface area contributed by atoms with Crippen LogP contribution in [0.4, 0.5) is 25.3 Å². The summed E-state index contributed by atoms with van der Waals surface area (Å²) in [5, 5.41) is 20.1. The zero-order valence-electron chi connectivity index (χ0n) is 15.7. The summed E-state index contributed by atoms with van der Waals surface area (Å²) in [6, 6.07) is 5.13. The number of halogens is 2. The maximum atomic E-state index is 14.0. The molecule has 0 unspecified atom stereocenters. The molecule has 4 N–H and O–H groups in total. The average molecular weight is 402 g/mol. The summed E-state index contributed by atoms with van der Waals surface area (Å²) in [6.07, 6.45) is -0.218. The molecule has 1 aromatic heterocycles. The second-order valence-electron chi connectivity index (χ2n) is 7.19. The lowest BCUT2D eigenvalue weighted by molar-refractivity contribution is 0.190. The molecular formula is C19H20F2N6O2. The minimum Gasteiger partial charge on any atom is -0.465 e. The van der Waals surface area contributed by atoms with Crippen molar-refractivity contribution < 1.29 is 18.7 Å². The van der Waals surface area contributed by atoms with Gasteiger partial charge in [-0.05, 0) is 30.4 Å². The number of carboxylic acid groups (broad SMARTS) is 1. The normalized spacial score (nSPS) is 18.9. The predicted octanol–water partition coefficient (Wildman–Crippen LogP) is 2.61. The number of hydrogen-bond acceptors (Lipinski definition) is 6. The Kier molecular flexibility index (Phi) is 5.77. The third-order valence-corrected chi connectivity index (χ3v) is 4.79. The highest BCUT2D eigenvalue weighted by atomic mass is 19.1. The Morgan fingerprint density at radius 1 is 1.34 bits per heavy atom. The van der Waals surface area contributed by atoms with E-state index >= 15 is 0 Å². The molecule has 1 aliphatic heterocycles. The van der Waals surface area contributed by atoms with E-state index in [9.17, 15) is 13.6 Å². The fraction of sp³-hybridized carbons (Fsp3) is 0.368. The van der Waals surface area contributed by atoms with Gasteiger partial charge < -0.3 is 21.1 Å². The van der Waals surface area contributed by atoms with Crippen LogP contribution in [-0.2, 0) is 0 Å². The molecule has 1 aliphatic rings. The molecule has 2 atom stereocenters. The first-order valence-corrected chi connectivity index (χ1v) is 9.02. The number of benzene rings is 1. The molecule has 2 aromatic rings. The van der Waals surface area contributed by atoms with E-state index in [1.807, 2.05) is 4.90 Å². The highest BCUT2D eigenvalue weighted by Crippen LogP contribution is 2.29. The van der Waals surface area contributed by atoms with Crippen molar-refractivity contribution in [3.63, 3.8) is 0 Å². The van der Waals surface area contributed by atoms with Crippen LogP contribution in [-0.4, -0.2) is 40.8 Å². The molecule has 1 aromatic carbocycles. The molecule has 1 fully saturated rings. The van der Waals surface area contributed by atoms with Crippen molar-refractivity contribution in [1.29, 1.82) is 5.26 Å². The van der Waals surface area contributed by atoms with Crippen LogP contribution in [0.5, 0.6) is 0 Å². The van der Waals surface area contributed by atoms with Crippen molar-refractivity contribution in [1.82, 2.24) is 15.3 Å². The van der Waals surface area contributed by atoms with Gasteiger partial charge in [-0.2, -0.15) is 10.2 Å². The summed E-state index contributed by atoms with van der Waals surface area (Å²) >= 11 is 0. The maximum absolute atomic E-state index is 14.0. The number of anilines is 2. The summed E-state index contributed by atoms with van der Waals surface area (Å²) < 4.78 is 28.0. The second-order valence-corrected chi connectivity index (χ2v) is 7.19. The fourth-order valence-electron chi connectivity index (χ4n) is 3.64. The largest absolute Gasteiger partial charge is 0.465 e. The number of nitriles is 1. The number of nitrogen functional groups attached to an aromatic ring is 1. The van der Waals surface area contributed by atoms with Crippen LogP contribution in [0.25, 0.3) is 11.3 Å². The van der Waals surface area contributed by atoms with Gasteiger partial charge >= 0.3 is 6.09 Å². The van der Waals surface area contributed by atoms with Crippen LogP contribution in [0.3, 0.4) is 0 Å². The third-order valence-electron chi connectivity index (χ3n) is 4.79. The molecule has 0 spiro atoms. The van der Waals surface area contributed by atoms with E-state index in [2.05, 4.69) is 22.2 Å². The topological polar surface area (TPSA) is 128 Å². The minimum atomic E-state index is -1.08. The molecule has 2 heterocycles. The molecular weight excluding hydrogens is 382 g/mol. The maximum Gasteiger partial charge on any atom is 0.404 e. The van der Waals surface area contributed by atoms with Gasteiger partial charge in [0.15, 0.2) is 0 Å². The Hall–Kier alpha value is -3.48. The van der Waals surface area contributed by atoms with Crippen LogP contribution in [0.15, 0.2) is 18.2 Å². The van der Waals surface area contributed by atoms with Crippen molar-refractivity contribution >= 4 is 17.9 Å². The Labute approximate surface area is 166 Å². The fourth-order valence-corrected chi connectivity index (χ4v) is 3.64. The van der Waals surface area contributed by atoms with Gasteiger partial charge in [0.2, 0.25) is 5.95 Å². The van der Waals surface area contributed by atoms with Gasteiger partial charge in [0.25, 0.3) is 0 Å². The molecule has 29 heavy (non-hydrogen) atoms. The van der Waals surface area contributed by atoms with E-state index in [-0.39, 0.29) is 29.0 Å². The van der Waals surface area contributed by atoms with Crippen molar-refractivity contribution in [3.8, 4) is 17.3 Å². The number of amides is 1. The Morgan fingerprint density at radius 2 is 2.03 bits per heavy atom. The summed E-state index contributed by atoms with van der Waals surface area (Å²) in [5.41, 5.74) is 5.54. The molecule has 0 radical (unpaired) electrons. The third kappa shape index (κ3) is 4.68. The van der Waals surface area contributed by atoms with E-state index in [1.54, 1.807) is 6.07 Å². The number of piperidine rings is 1. The molecule has 1 saturated heterocycles. The van der Waals surface area contributed by atoms with Gasteiger partial charge in [-0.3, -0.25) is 0 Å². The number of carbonyl (C=O) groups is 1. The van der Waals surface area contributed by atoms with Crippen molar-refractivity contribution in [2.75, 3.05) is 30.3 Å². The van der Waals surface area contributed by atoms with Gasteiger partial charge in [-0.25, -0.2) is 18.6 Å². The summed E-state index contributed by atoms with van der Waals surface area (Å²) in [7, 11) is 0. The number of hydrogen-bond donors (Lipinski definition) is 3. The lowest BCUT2D eigenvalue weighted by Crippen LogP contribution is -2.44. The minimum absolute atomic E-state index is 0.0545. The molecule has 152 valence electrons. The standard InChI is InChI=1S/C19H20F2N6O2/c1-10-2-11(7-24-19(28)29)9-27(8-10)17-5-16(25-18(23)26-17)12-3-14(20)13(6-22)15(21)4-12/h3-5,10-11,24H,2,7-9H2,1H3,(H,28,29)(H2,23,25,26)/t10-,11-/m1/s1. The Bertz CT molecular complexity index is 955. The number of nitrogens with one attached hydrogen (secondary N) is 1. The summed E-state index contributed by atoms with van der Waals surface area (Å²) in [6.45, 7) is 3.60. The SMILES string of the molecule is C[C@@H]1C[C@H](CNC(=O)O)CN(c2cc(-c3cc(F)c(C#N)c(F)c3)nc(N)n2)C1. The molecule has 10 heteroatoms. The zero-order chi connectivity index (χ0) is 21.1. The van der Waals surface area contributed by atoms with Gasteiger partial charge in [0, 0.05) is 31.3 Å². The van der Waals surface area contributed by atoms with E-state index in [4.69, 9.17) is 16.1 Å². The van der Waals surface area contributed by atoms with Gasteiger partial charge in [-0.15, -0.1) is 0 Å². The first kappa shape index (κ1) is 20.3. The first-order chi connectivity index (χ1) is 13.8. The zero-order valence-corrected chi connectivity index (χ0v) is 15.7. The smallest absolute Gasteiger partial charge is 0.404 e. The van der Waals surface area contributed by atoms with Crippen molar-refractivity contribution in [3.05, 3.63) is 35.4 Å².